The van der Waals surface area contributed by atoms with E-state index in [2.05, 4.69) is 11.2 Å². The van der Waals surface area contributed by atoms with Gasteiger partial charge in [-0.1, -0.05) is 6.07 Å². The fourth-order valence-electron chi connectivity index (χ4n) is 1.17. The van der Waals surface area contributed by atoms with Gasteiger partial charge in [-0.15, -0.1) is 0 Å². The molecule has 0 amide bonds. The van der Waals surface area contributed by atoms with Crippen LogP contribution in [0, 0.1) is 6.07 Å². The van der Waals surface area contributed by atoms with E-state index in [0.717, 1.165) is 11.4 Å². The van der Waals surface area contributed by atoms with Gasteiger partial charge in [-0.3, -0.25) is 0 Å². The Morgan fingerprint density at radius 2 is 2.46 bits per heavy atom. The van der Waals surface area contributed by atoms with Crippen LogP contribution < -0.4 is 4.74 Å². The summed E-state index contributed by atoms with van der Waals surface area (Å²) in [6.07, 6.45) is 3.60. The normalized spacial score (nSPS) is 9.92. The molecule has 1 aromatic heterocycles. The first-order chi connectivity index (χ1) is 6.42. The van der Waals surface area contributed by atoms with E-state index in [1.807, 2.05) is 30.5 Å². The Balaban J connectivity index is 2.51. The van der Waals surface area contributed by atoms with Crippen molar-refractivity contribution in [3.8, 4) is 11.4 Å². The molecule has 2 rings (SSSR count). The molecule has 3 heteroatoms. The van der Waals surface area contributed by atoms with Crippen molar-refractivity contribution in [2.45, 2.75) is 0 Å². The van der Waals surface area contributed by atoms with Gasteiger partial charge in [0.2, 0.25) is 0 Å². The number of methoxy groups -OCH3 is 1. The van der Waals surface area contributed by atoms with Crippen LogP contribution in [0.25, 0.3) is 5.69 Å². The van der Waals surface area contributed by atoms with Crippen LogP contribution in [-0.4, -0.2) is 16.9 Å². The summed E-state index contributed by atoms with van der Waals surface area (Å²) in [5.74, 6) is 0.794. The molecule has 0 atom stereocenters. The second-order valence-electron chi connectivity index (χ2n) is 2.55. The molecule has 1 aromatic carbocycles. The smallest absolute Gasteiger partial charge is 0.144 e. The summed E-state index contributed by atoms with van der Waals surface area (Å²) in [5, 5.41) is 4.11. The highest BCUT2D eigenvalue weighted by atomic mass is 16.5. The van der Waals surface area contributed by atoms with Crippen molar-refractivity contribution in [2.75, 3.05) is 7.11 Å². The number of hydrogen-bond donors (Lipinski definition) is 0. The molecule has 0 bridgehead atoms. The van der Waals surface area contributed by atoms with Gasteiger partial charge in [0.05, 0.1) is 7.11 Å². The van der Waals surface area contributed by atoms with E-state index in [4.69, 9.17) is 4.74 Å². The maximum absolute atomic E-state index is 5.19. The van der Waals surface area contributed by atoms with E-state index in [9.17, 15) is 0 Å². The molecule has 0 spiro atoms. The Bertz CT molecular complexity index is 382. The fraction of sp³-hybridized carbons (Fsp3) is 0.100. The van der Waals surface area contributed by atoms with Gasteiger partial charge in [0.1, 0.15) is 11.4 Å². The average Bonchev–Trinajstić information content (AvgIpc) is 2.70. The number of benzene rings is 1. The molecule has 0 aliphatic rings. The number of hydrogen-bond acceptors (Lipinski definition) is 2. The van der Waals surface area contributed by atoms with Gasteiger partial charge in [-0.2, -0.15) is 5.10 Å². The summed E-state index contributed by atoms with van der Waals surface area (Å²) in [6.45, 7) is 0. The molecule has 0 saturated heterocycles. The zero-order valence-corrected chi connectivity index (χ0v) is 7.27. The van der Waals surface area contributed by atoms with Crippen molar-refractivity contribution < 1.29 is 4.74 Å². The predicted octanol–water partition coefficient (Wildman–Crippen LogP) is 1.68. The summed E-state index contributed by atoms with van der Waals surface area (Å²) in [7, 11) is 1.64. The Morgan fingerprint density at radius 3 is 3.15 bits per heavy atom. The van der Waals surface area contributed by atoms with E-state index in [0.29, 0.717) is 0 Å². The van der Waals surface area contributed by atoms with Crippen molar-refractivity contribution in [3.05, 3.63) is 42.7 Å². The predicted molar refractivity (Wildman–Crippen MR) is 49.0 cm³/mol. The maximum atomic E-state index is 5.19. The van der Waals surface area contributed by atoms with E-state index in [-0.39, 0.29) is 0 Å². The minimum absolute atomic E-state index is 0.794. The number of nitrogens with zero attached hydrogens (tertiary/aromatic N) is 2. The van der Waals surface area contributed by atoms with Gasteiger partial charge in [0.25, 0.3) is 0 Å². The molecule has 0 aliphatic heterocycles. The quantitative estimate of drug-likeness (QED) is 0.690. The van der Waals surface area contributed by atoms with Crippen LogP contribution in [0.4, 0.5) is 0 Å². The van der Waals surface area contributed by atoms with Crippen LogP contribution in [0.2, 0.25) is 0 Å². The molecule has 0 fully saturated rings. The zero-order chi connectivity index (χ0) is 9.10. The number of aromatic nitrogens is 2. The largest absolute Gasteiger partial charge is 0.494 e. The summed E-state index contributed by atoms with van der Waals surface area (Å²) >= 11 is 0. The summed E-state index contributed by atoms with van der Waals surface area (Å²) < 4.78 is 6.93. The molecule has 1 heterocycles. The molecule has 0 unspecified atom stereocenters. The Kier molecular flexibility index (Phi) is 2.00. The molecule has 0 saturated carbocycles. The van der Waals surface area contributed by atoms with Crippen molar-refractivity contribution in [3.63, 3.8) is 0 Å². The minimum Gasteiger partial charge on any atom is -0.494 e. The first-order valence-electron chi connectivity index (χ1n) is 3.96. The number of ether oxygens (including phenoxy) is 1. The molecule has 0 aliphatic carbocycles. The third-order valence-corrected chi connectivity index (χ3v) is 1.77. The average molecular weight is 173 g/mol. The van der Waals surface area contributed by atoms with Crippen molar-refractivity contribution in [1.29, 1.82) is 0 Å². The Labute approximate surface area is 76.6 Å². The lowest BCUT2D eigenvalue weighted by atomic mass is 10.3. The van der Waals surface area contributed by atoms with Crippen LogP contribution in [0.1, 0.15) is 0 Å². The van der Waals surface area contributed by atoms with Crippen molar-refractivity contribution in [2.24, 2.45) is 0 Å². The van der Waals surface area contributed by atoms with Crippen LogP contribution >= 0.6 is 0 Å². The number of rotatable bonds is 2. The third-order valence-electron chi connectivity index (χ3n) is 1.77. The molecule has 65 valence electrons. The van der Waals surface area contributed by atoms with Gasteiger partial charge in [0.15, 0.2) is 0 Å². The third kappa shape index (κ3) is 1.40. The fourth-order valence-corrected chi connectivity index (χ4v) is 1.17. The van der Waals surface area contributed by atoms with Crippen molar-refractivity contribution in [1.82, 2.24) is 9.78 Å². The lowest BCUT2D eigenvalue weighted by Gasteiger charge is -2.06. The lowest BCUT2D eigenvalue weighted by Crippen LogP contribution is -1.97. The van der Waals surface area contributed by atoms with E-state index < -0.39 is 0 Å². The maximum Gasteiger partial charge on any atom is 0.144 e. The van der Waals surface area contributed by atoms with Crippen LogP contribution in [0.3, 0.4) is 0 Å². The van der Waals surface area contributed by atoms with Crippen LogP contribution in [-0.2, 0) is 0 Å². The van der Waals surface area contributed by atoms with Gasteiger partial charge in [-0.25, -0.2) is 4.68 Å². The summed E-state index contributed by atoms with van der Waals surface area (Å²) in [4.78, 5) is 0. The SMILES string of the molecule is COc1cc[c]cc1-n1cccn1. The monoisotopic (exact) mass is 173 g/mol. The van der Waals surface area contributed by atoms with Crippen molar-refractivity contribution >= 4 is 0 Å². The van der Waals surface area contributed by atoms with E-state index in [1.165, 1.54) is 0 Å². The highest BCUT2D eigenvalue weighted by molar-refractivity contribution is 5.45. The van der Waals surface area contributed by atoms with Crippen LogP contribution in [0.15, 0.2) is 36.7 Å². The molecule has 2 aromatic rings. The van der Waals surface area contributed by atoms with E-state index >= 15 is 0 Å². The second-order valence-corrected chi connectivity index (χ2v) is 2.55. The Hall–Kier alpha value is -1.77. The van der Waals surface area contributed by atoms with Gasteiger partial charge >= 0.3 is 0 Å². The molecule has 13 heavy (non-hydrogen) atoms. The lowest BCUT2D eigenvalue weighted by molar-refractivity contribution is 0.411. The topological polar surface area (TPSA) is 27.1 Å². The molecular weight excluding hydrogens is 164 g/mol. The summed E-state index contributed by atoms with van der Waals surface area (Å²) in [5.41, 5.74) is 0.898. The molecular formula is C10H9N2O. The zero-order valence-electron chi connectivity index (χ0n) is 7.27. The molecule has 0 N–H and O–H groups in total. The standard InChI is InChI=1S/C10H9N2O/c1-13-10-6-3-2-5-9(10)12-8-4-7-11-12/h3-8H,1H3. The first-order valence-corrected chi connectivity index (χ1v) is 3.96. The summed E-state index contributed by atoms with van der Waals surface area (Å²) in [6, 6.07) is 10.4. The second kappa shape index (κ2) is 3.31. The van der Waals surface area contributed by atoms with Crippen LogP contribution in [0.5, 0.6) is 5.75 Å². The molecule has 3 nitrogen and oxygen atoms in total. The first kappa shape index (κ1) is 7.86. The molecule has 1 radical (unpaired) electrons. The Morgan fingerprint density at radius 1 is 1.54 bits per heavy atom. The van der Waals surface area contributed by atoms with E-state index in [1.54, 1.807) is 18.0 Å². The highest BCUT2D eigenvalue weighted by Gasteiger charge is 2.02. The van der Waals surface area contributed by atoms with Gasteiger partial charge in [0, 0.05) is 12.4 Å². The van der Waals surface area contributed by atoms with Gasteiger partial charge < -0.3 is 4.74 Å². The highest BCUT2D eigenvalue weighted by Crippen LogP contribution is 2.20. The van der Waals surface area contributed by atoms with Gasteiger partial charge in [-0.05, 0) is 24.3 Å². The minimum atomic E-state index is 0.794.